The minimum atomic E-state index is -0.976. The van der Waals surface area contributed by atoms with Crippen LogP contribution in [0, 0.1) is 0 Å². The SMILES string of the molecule is CCC(C)(C(=O)O)n1cncn1. The maximum absolute atomic E-state index is 10.9. The van der Waals surface area contributed by atoms with E-state index in [4.69, 9.17) is 5.11 Å². The number of rotatable bonds is 3. The van der Waals surface area contributed by atoms with Crippen LogP contribution >= 0.6 is 0 Å². The van der Waals surface area contributed by atoms with Gasteiger partial charge >= 0.3 is 5.97 Å². The van der Waals surface area contributed by atoms with Crippen LogP contribution in [-0.2, 0) is 10.3 Å². The monoisotopic (exact) mass is 169 g/mol. The van der Waals surface area contributed by atoms with Crippen LogP contribution in [0.4, 0.5) is 0 Å². The highest BCUT2D eigenvalue weighted by Gasteiger charge is 2.33. The normalized spacial score (nSPS) is 15.5. The second kappa shape index (κ2) is 2.92. The lowest BCUT2D eigenvalue weighted by molar-refractivity contribution is -0.147. The van der Waals surface area contributed by atoms with E-state index in [2.05, 4.69) is 10.1 Å². The predicted octanol–water partition coefficient (Wildman–Crippen LogP) is 0.488. The third kappa shape index (κ3) is 1.17. The summed E-state index contributed by atoms with van der Waals surface area (Å²) in [5.41, 5.74) is -0.976. The fourth-order valence-corrected chi connectivity index (χ4v) is 0.874. The quantitative estimate of drug-likeness (QED) is 0.714. The molecule has 0 saturated heterocycles. The van der Waals surface area contributed by atoms with Gasteiger partial charge in [0.1, 0.15) is 12.7 Å². The summed E-state index contributed by atoms with van der Waals surface area (Å²) < 4.78 is 1.36. The number of hydrogen-bond donors (Lipinski definition) is 1. The highest BCUT2D eigenvalue weighted by Crippen LogP contribution is 2.18. The van der Waals surface area contributed by atoms with E-state index in [0.29, 0.717) is 6.42 Å². The Morgan fingerprint density at radius 1 is 1.75 bits per heavy atom. The predicted molar refractivity (Wildman–Crippen MR) is 41.6 cm³/mol. The van der Waals surface area contributed by atoms with Crippen molar-refractivity contribution in [3.8, 4) is 0 Å². The van der Waals surface area contributed by atoms with Gasteiger partial charge in [0.15, 0.2) is 5.54 Å². The van der Waals surface area contributed by atoms with Gasteiger partial charge in [-0.05, 0) is 13.3 Å². The highest BCUT2D eigenvalue weighted by molar-refractivity contribution is 5.75. The molecular weight excluding hydrogens is 158 g/mol. The number of hydrogen-bond acceptors (Lipinski definition) is 3. The van der Waals surface area contributed by atoms with Crippen molar-refractivity contribution in [1.82, 2.24) is 14.8 Å². The third-order valence-corrected chi connectivity index (χ3v) is 2.07. The van der Waals surface area contributed by atoms with Crippen LogP contribution in [0.25, 0.3) is 0 Å². The second-order valence-corrected chi connectivity index (χ2v) is 2.77. The molecule has 12 heavy (non-hydrogen) atoms. The maximum Gasteiger partial charge on any atom is 0.331 e. The Morgan fingerprint density at radius 2 is 2.42 bits per heavy atom. The molecule has 0 radical (unpaired) electrons. The zero-order valence-corrected chi connectivity index (χ0v) is 7.06. The lowest BCUT2D eigenvalue weighted by Crippen LogP contribution is -2.38. The molecule has 5 nitrogen and oxygen atoms in total. The first-order valence-electron chi connectivity index (χ1n) is 3.69. The van der Waals surface area contributed by atoms with Gasteiger partial charge in [-0.15, -0.1) is 0 Å². The van der Waals surface area contributed by atoms with E-state index in [-0.39, 0.29) is 0 Å². The maximum atomic E-state index is 10.9. The fraction of sp³-hybridized carbons (Fsp3) is 0.571. The van der Waals surface area contributed by atoms with Crippen molar-refractivity contribution in [3.63, 3.8) is 0 Å². The molecule has 1 unspecified atom stereocenters. The van der Waals surface area contributed by atoms with E-state index < -0.39 is 11.5 Å². The number of carbonyl (C=O) groups is 1. The van der Waals surface area contributed by atoms with Gasteiger partial charge < -0.3 is 5.11 Å². The average Bonchev–Trinajstić information content (AvgIpc) is 2.54. The number of nitrogens with zero attached hydrogens (tertiary/aromatic N) is 3. The standard InChI is InChI=1S/C7H11N3O2/c1-3-7(2,6(11)12)10-5-8-4-9-10/h4-5H,3H2,1-2H3,(H,11,12). The molecule has 0 fully saturated rings. The molecule has 0 aliphatic rings. The molecule has 66 valence electrons. The number of carboxylic acids is 1. The van der Waals surface area contributed by atoms with Gasteiger partial charge in [0.05, 0.1) is 0 Å². The Bertz CT molecular complexity index is 270. The molecule has 0 spiro atoms. The van der Waals surface area contributed by atoms with Gasteiger partial charge in [-0.25, -0.2) is 14.5 Å². The van der Waals surface area contributed by atoms with Crippen molar-refractivity contribution in [2.24, 2.45) is 0 Å². The summed E-state index contributed by atoms with van der Waals surface area (Å²) in [6.07, 6.45) is 3.22. The van der Waals surface area contributed by atoms with Crippen molar-refractivity contribution in [2.75, 3.05) is 0 Å². The molecule has 0 saturated carbocycles. The largest absolute Gasteiger partial charge is 0.479 e. The molecule has 5 heteroatoms. The lowest BCUT2D eigenvalue weighted by Gasteiger charge is -2.22. The Balaban J connectivity index is 3.04. The van der Waals surface area contributed by atoms with Crippen LogP contribution in [0.1, 0.15) is 20.3 Å². The summed E-state index contributed by atoms with van der Waals surface area (Å²) in [5.74, 6) is -0.893. The van der Waals surface area contributed by atoms with E-state index in [1.165, 1.54) is 17.3 Å². The molecule has 1 N–H and O–H groups in total. The van der Waals surface area contributed by atoms with Crippen LogP contribution in [0.3, 0.4) is 0 Å². The van der Waals surface area contributed by atoms with Crippen molar-refractivity contribution < 1.29 is 9.90 Å². The van der Waals surface area contributed by atoms with Crippen LogP contribution in [-0.4, -0.2) is 25.8 Å². The summed E-state index contributed by atoms with van der Waals surface area (Å²) in [7, 11) is 0. The molecule has 1 aromatic heterocycles. The van der Waals surface area contributed by atoms with Gasteiger partial charge in [0.2, 0.25) is 0 Å². The van der Waals surface area contributed by atoms with Crippen LogP contribution in [0.5, 0.6) is 0 Å². The summed E-state index contributed by atoms with van der Waals surface area (Å²) >= 11 is 0. The average molecular weight is 169 g/mol. The van der Waals surface area contributed by atoms with E-state index in [1.54, 1.807) is 13.8 Å². The summed E-state index contributed by atoms with van der Waals surface area (Å²) in [5, 5.41) is 12.7. The molecular formula is C7H11N3O2. The summed E-state index contributed by atoms with van der Waals surface area (Å²) in [4.78, 5) is 14.6. The molecule has 1 aromatic rings. The van der Waals surface area contributed by atoms with Crippen LogP contribution in [0.15, 0.2) is 12.7 Å². The molecule has 0 aliphatic carbocycles. The van der Waals surface area contributed by atoms with Gasteiger partial charge in [-0.2, -0.15) is 5.10 Å². The Labute approximate surface area is 70.0 Å². The Morgan fingerprint density at radius 3 is 2.75 bits per heavy atom. The molecule has 1 heterocycles. The summed E-state index contributed by atoms with van der Waals surface area (Å²) in [6, 6.07) is 0. The van der Waals surface area contributed by atoms with Crippen molar-refractivity contribution in [3.05, 3.63) is 12.7 Å². The van der Waals surface area contributed by atoms with Crippen molar-refractivity contribution >= 4 is 5.97 Å². The second-order valence-electron chi connectivity index (χ2n) is 2.77. The minimum Gasteiger partial charge on any atom is -0.479 e. The zero-order valence-electron chi connectivity index (χ0n) is 7.06. The van der Waals surface area contributed by atoms with E-state index in [1.807, 2.05) is 0 Å². The van der Waals surface area contributed by atoms with Crippen LogP contribution < -0.4 is 0 Å². The lowest BCUT2D eigenvalue weighted by atomic mass is 10.0. The van der Waals surface area contributed by atoms with Gasteiger partial charge in [-0.1, -0.05) is 6.92 Å². The van der Waals surface area contributed by atoms with E-state index >= 15 is 0 Å². The molecule has 0 amide bonds. The first kappa shape index (κ1) is 8.70. The van der Waals surface area contributed by atoms with Gasteiger partial charge in [0.25, 0.3) is 0 Å². The van der Waals surface area contributed by atoms with Crippen LogP contribution in [0.2, 0.25) is 0 Å². The number of carboxylic acid groups (broad SMARTS) is 1. The third-order valence-electron chi connectivity index (χ3n) is 2.07. The molecule has 0 aliphatic heterocycles. The Kier molecular flexibility index (Phi) is 2.12. The van der Waals surface area contributed by atoms with E-state index in [9.17, 15) is 4.79 Å². The van der Waals surface area contributed by atoms with Gasteiger partial charge in [-0.3, -0.25) is 0 Å². The topological polar surface area (TPSA) is 68.0 Å². The fourth-order valence-electron chi connectivity index (χ4n) is 0.874. The molecule has 1 atom stereocenters. The Hall–Kier alpha value is -1.39. The van der Waals surface area contributed by atoms with Crippen molar-refractivity contribution in [2.45, 2.75) is 25.8 Å². The minimum absolute atomic E-state index is 0.478. The first-order valence-corrected chi connectivity index (χ1v) is 3.69. The number of aliphatic carboxylic acids is 1. The van der Waals surface area contributed by atoms with Crippen molar-refractivity contribution in [1.29, 1.82) is 0 Å². The molecule has 1 rings (SSSR count). The highest BCUT2D eigenvalue weighted by atomic mass is 16.4. The van der Waals surface area contributed by atoms with Gasteiger partial charge in [0, 0.05) is 0 Å². The first-order chi connectivity index (χ1) is 5.61. The zero-order chi connectivity index (χ0) is 9.19. The van der Waals surface area contributed by atoms with E-state index in [0.717, 1.165) is 0 Å². The smallest absolute Gasteiger partial charge is 0.331 e. The molecule has 0 bridgehead atoms. The number of aromatic nitrogens is 3. The molecule has 0 aromatic carbocycles. The summed E-state index contributed by atoms with van der Waals surface area (Å²) in [6.45, 7) is 3.42.